The lowest BCUT2D eigenvalue weighted by Gasteiger charge is -2.02. The normalized spacial score (nSPS) is 11.9. The molecule has 0 atom stereocenters. The number of rotatable bonds is 8. The molecule has 0 aliphatic carbocycles. The van der Waals surface area contributed by atoms with Gasteiger partial charge >= 0.3 is 0 Å². The van der Waals surface area contributed by atoms with Crippen LogP contribution in [-0.4, -0.2) is 35.6 Å². The molecule has 2 aromatic heterocycles. The van der Waals surface area contributed by atoms with Crippen LogP contribution < -0.4 is 10.0 Å². The number of nitrogens with one attached hydrogen (secondary N) is 3. The van der Waals surface area contributed by atoms with Gasteiger partial charge in [0.15, 0.2) is 5.82 Å². The molecule has 0 radical (unpaired) electrons. The topological polar surface area (TPSA) is 113 Å². The van der Waals surface area contributed by atoms with Gasteiger partial charge in [-0.15, -0.1) is 21.5 Å². The molecule has 3 N–H and O–H groups in total. The van der Waals surface area contributed by atoms with Gasteiger partial charge in [-0.2, -0.15) is 5.21 Å². The first-order valence-electron chi connectivity index (χ1n) is 6.24. The second kappa shape index (κ2) is 7.40. The number of H-pyrrole nitrogens is 1. The predicted molar refractivity (Wildman–Crippen MR) is 82.2 cm³/mol. The summed E-state index contributed by atoms with van der Waals surface area (Å²) in [4.78, 5) is 1.18. The highest BCUT2D eigenvalue weighted by molar-refractivity contribution is 9.11. The summed E-state index contributed by atoms with van der Waals surface area (Å²) in [5, 5.41) is 16.3. The van der Waals surface area contributed by atoms with Crippen LogP contribution in [-0.2, 0) is 23.1 Å². The van der Waals surface area contributed by atoms with Gasteiger partial charge in [0.25, 0.3) is 0 Å². The quantitative estimate of drug-likeness (QED) is 0.575. The van der Waals surface area contributed by atoms with Gasteiger partial charge < -0.3 is 5.32 Å². The zero-order valence-corrected chi connectivity index (χ0v) is 14.5. The fourth-order valence-corrected chi connectivity index (χ4v) is 5.18. The van der Waals surface area contributed by atoms with Crippen molar-refractivity contribution in [1.29, 1.82) is 0 Å². The fraction of sp³-hybridized carbons (Fsp3) is 0.500. The Kier molecular flexibility index (Phi) is 5.81. The molecule has 0 fully saturated rings. The van der Waals surface area contributed by atoms with Crippen LogP contribution in [0.4, 0.5) is 0 Å². The minimum absolute atomic E-state index is 0.00939. The van der Waals surface area contributed by atoms with E-state index in [2.05, 4.69) is 53.5 Å². The summed E-state index contributed by atoms with van der Waals surface area (Å²) >= 11 is 4.70. The number of nitrogens with zero attached hydrogens (tertiary/aromatic N) is 3. The van der Waals surface area contributed by atoms with Crippen molar-refractivity contribution in [3.63, 3.8) is 0 Å². The first-order valence-corrected chi connectivity index (χ1v) is 9.33. The molecule has 0 unspecified atom stereocenters. The minimum Gasteiger partial charge on any atom is -0.312 e. The first-order chi connectivity index (χ1) is 10.0. The number of aromatic amines is 1. The molecule has 116 valence electrons. The van der Waals surface area contributed by atoms with Gasteiger partial charge in [0.05, 0.1) is 10.3 Å². The maximum absolute atomic E-state index is 12.3. The molecule has 8 nitrogen and oxygen atoms in total. The Labute approximate surface area is 134 Å². The second-order valence-corrected chi connectivity index (χ2v) is 8.37. The van der Waals surface area contributed by atoms with Crippen molar-refractivity contribution in [2.24, 2.45) is 0 Å². The third kappa shape index (κ3) is 4.54. The summed E-state index contributed by atoms with van der Waals surface area (Å²) in [6, 6.07) is 1.66. The van der Waals surface area contributed by atoms with Gasteiger partial charge in [-0.3, -0.25) is 0 Å². The lowest BCUT2D eigenvalue weighted by atomic mass is 10.4. The lowest BCUT2D eigenvalue weighted by molar-refractivity contribution is 0.579. The third-order valence-corrected chi connectivity index (χ3v) is 6.18. The van der Waals surface area contributed by atoms with Gasteiger partial charge in [0.2, 0.25) is 10.0 Å². The SMILES string of the molecule is CCCNCc1cc(S(=O)(=O)NCc2nn[nH]n2)c(Br)s1. The molecule has 21 heavy (non-hydrogen) atoms. The molecule has 0 saturated carbocycles. The number of aromatic nitrogens is 4. The zero-order valence-electron chi connectivity index (χ0n) is 11.3. The van der Waals surface area contributed by atoms with Crippen molar-refractivity contribution < 1.29 is 8.42 Å². The van der Waals surface area contributed by atoms with Crippen LogP contribution in [0.5, 0.6) is 0 Å². The Hall–Kier alpha value is -0.880. The molecule has 2 rings (SSSR count). The van der Waals surface area contributed by atoms with Crippen LogP contribution >= 0.6 is 27.3 Å². The molecule has 0 aromatic carbocycles. The molecule has 2 aromatic rings. The monoisotopic (exact) mass is 394 g/mol. The van der Waals surface area contributed by atoms with Crippen molar-refractivity contribution in [3.8, 4) is 0 Å². The van der Waals surface area contributed by atoms with E-state index < -0.39 is 10.0 Å². The number of hydrogen-bond donors (Lipinski definition) is 3. The Bertz CT molecular complexity index is 670. The third-order valence-electron chi connectivity index (χ3n) is 2.53. The van der Waals surface area contributed by atoms with E-state index >= 15 is 0 Å². The molecule has 0 saturated heterocycles. The van der Waals surface area contributed by atoms with Crippen molar-refractivity contribution in [2.45, 2.75) is 31.3 Å². The zero-order chi connectivity index (χ0) is 15.3. The van der Waals surface area contributed by atoms with Gasteiger partial charge in [0, 0.05) is 11.4 Å². The highest BCUT2D eigenvalue weighted by Crippen LogP contribution is 2.31. The maximum Gasteiger partial charge on any atom is 0.242 e. The maximum atomic E-state index is 12.3. The summed E-state index contributed by atoms with van der Waals surface area (Å²) in [6.07, 6.45) is 1.03. The average molecular weight is 395 g/mol. The van der Waals surface area contributed by atoms with Crippen LogP contribution in [0.2, 0.25) is 0 Å². The van der Waals surface area contributed by atoms with Crippen LogP contribution in [0.15, 0.2) is 14.7 Å². The number of tetrazole rings is 1. The standard InChI is InChI=1S/C10H15BrN6O2S2/c1-2-3-12-5-7-4-8(10(11)20-7)21(18,19)13-6-9-14-16-17-15-9/h4,12-13H,2-3,5-6H2,1H3,(H,14,15,16,17). The average Bonchev–Trinajstić information content (AvgIpc) is 3.07. The van der Waals surface area contributed by atoms with E-state index in [0.717, 1.165) is 17.8 Å². The largest absolute Gasteiger partial charge is 0.312 e. The Morgan fingerprint density at radius 2 is 2.24 bits per heavy atom. The summed E-state index contributed by atoms with van der Waals surface area (Å²) in [5.41, 5.74) is 0. The summed E-state index contributed by atoms with van der Waals surface area (Å²) in [5.74, 6) is 0.287. The van der Waals surface area contributed by atoms with Crippen LogP contribution in [0.3, 0.4) is 0 Å². The summed E-state index contributed by atoms with van der Waals surface area (Å²) < 4.78 is 27.5. The van der Waals surface area contributed by atoms with E-state index in [4.69, 9.17) is 0 Å². The molecule has 0 spiro atoms. The molecule has 0 aliphatic rings. The van der Waals surface area contributed by atoms with E-state index in [9.17, 15) is 8.42 Å². The van der Waals surface area contributed by atoms with Gasteiger partial charge in [0.1, 0.15) is 4.90 Å². The number of sulfonamides is 1. The van der Waals surface area contributed by atoms with Crippen LogP contribution in [0, 0.1) is 0 Å². The van der Waals surface area contributed by atoms with Crippen molar-refractivity contribution >= 4 is 37.3 Å². The predicted octanol–water partition coefficient (Wildman–Crippen LogP) is 1.00. The van der Waals surface area contributed by atoms with E-state index in [0.29, 0.717) is 10.3 Å². The van der Waals surface area contributed by atoms with Gasteiger partial charge in [-0.05, 0) is 35.0 Å². The molecule has 0 aliphatic heterocycles. The van der Waals surface area contributed by atoms with E-state index in [1.54, 1.807) is 6.07 Å². The Morgan fingerprint density at radius 1 is 1.43 bits per heavy atom. The van der Waals surface area contributed by atoms with Crippen molar-refractivity contribution in [3.05, 3.63) is 20.6 Å². The second-order valence-electron chi connectivity index (χ2n) is 4.18. The van der Waals surface area contributed by atoms with Gasteiger partial charge in [-0.1, -0.05) is 12.1 Å². The summed E-state index contributed by atoms with van der Waals surface area (Å²) in [7, 11) is -3.61. The first kappa shape index (κ1) is 16.5. The van der Waals surface area contributed by atoms with Crippen molar-refractivity contribution in [2.75, 3.05) is 6.54 Å². The summed E-state index contributed by atoms with van der Waals surface area (Å²) in [6.45, 7) is 3.62. The van der Waals surface area contributed by atoms with E-state index in [1.807, 2.05) is 0 Å². The van der Waals surface area contributed by atoms with E-state index in [1.165, 1.54) is 11.3 Å². The highest BCUT2D eigenvalue weighted by Gasteiger charge is 2.21. The van der Waals surface area contributed by atoms with Gasteiger partial charge in [-0.25, -0.2) is 13.1 Å². The minimum atomic E-state index is -3.61. The number of thiophene rings is 1. The van der Waals surface area contributed by atoms with Crippen LogP contribution in [0.25, 0.3) is 0 Å². The molecule has 0 amide bonds. The Morgan fingerprint density at radius 3 is 2.90 bits per heavy atom. The molecule has 11 heteroatoms. The van der Waals surface area contributed by atoms with Crippen molar-refractivity contribution in [1.82, 2.24) is 30.7 Å². The molecule has 0 bridgehead atoms. The molecular weight excluding hydrogens is 380 g/mol. The number of hydrogen-bond acceptors (Lipinski definition) is 7. The fourth-order valence-electron chi connectivity index (χ4n) is 1.55. The smallest absolute Gasteiger partial charge is 0.242 e. The Balaban J connectivity index is 2.05. The van der Waals surface area contributed by atoms with E-state index in [-0.39, 0.29) is 17.3 Å². The highest BCUT2D eigenvalue weighted by atomic mass is 79.9. The van der Waals surface area contributed by atoms with Crippen LogP contribution in [0.1, 0.15) is 24.0 Å². The lowest BCUT2D eigenvalue weighted by Crippen LogP contribution is -2.23. The molecule has 2 heterocycles. The number of halogens is 1. The molecular formula is C10H15BrN6O2S2.